The fraction of sp³-hybridized carbons (Fsp3) is 0. The second-order valence-electron chi connectivity index (χ2n) is 22.4. The lowest BCUT2D eigenvalue weighted by Crippen LogP contribution is -1.92. The third kappa shape index (κ3) is 6.80. The molecule has 2 nitrogen and oxygen atoms in total. The van der Waals surface area contributed by atoms with Crippen molar-refractivity contribution in [3.05, 3.63) is 291 Å². The molecule has 0 saturated carbocycles. The van der Waals surface area contributed by atoms with E-state index in [2.05, 4.69) is 285 Å². The molecule has 2 heteroatoms. The van der Waals surface area contributed by atoms with Crippen molar-refractivity contribution in [2.75, 3.05) is 0 Å². The van der Waals surface area contributed by atoms with E-state index < -0.39 is 0 Å². The zero-order valence-corrected chi connectivity index (χ0v) is 45.5. The summed E-state index contributed by atoms with van der Waals surface area (Å²) in [7, 11) is 0. The number of hydrogen-bond donors (Lipinski definition) is 0. The van der Waals surface area contributed by atoms with Gasteiger partial charge in [-0.15, -0.1) is 0 Å². The predicted molar refractivity (Wildman–Crippen MR) is 356 cm³/mol. The van der Waals surface area contributed by atoms with E-state index in [0.717, 1.165) is 60.6 Å². The highest BCUT2D eigenvalue weighted by Crippen LogP contribution is 2.51. The molecular formula is C82H48O2. The smallest absolute Gasteiger partial charge is 0.143 e. The summed E-state index contributed by atoms with van der Waals surface area (Å²) >= 11 is 0. The van der Waals surface area contributed by atoms with E-state index in [1.807, 2.05) is 6.07 Å². The second kappa shape index (κ2) is 18.2. The van der Waals surface area contributed by atoms with Crippen LogP contribution in [0, 0.1) is 0 Å². The Morgan fingerprint density at radius 3 is 1.14 bits per heavy atom. The molecule has 0 saturated heterocycles. The number of fused-ring (bicyclic) bond motifs is 14. The molecular weight excluding hydrogens is 1020 g/mol. The Kier molecular flexibility index (Phi) is 10.1. The van der Waals surface area contributed by atoms with Gasteiger partial charge in [0.25, 0.3) is 0 Å². The second-order valence-corrected chi connectivity index (χ2v) is 22.4. The van der Waals surface area contributed by atoms with Crippen molar-refractivity contribution < 1.29 is 8.83 Å². The topological polar surface area (TPSA) is 26.3 Å². The molecule has 0 aliphatic rings. The van der Waals surface area contributed by atoms with Gasteiger partial charge in [-0.05, 0) is 138 Å². The van der Waals surface area contributed by atoms with Crippen LogP contribution in [0.2, 0.25) is 0 Å². The Labute approximate surface area is 483 Å². The lowest BCUT2D eigenvalue weighted by atomic mass is 9.83. The van der Waals surface area contributed by atoms with Crippen molar-refractivity contribution in [1.29, 1.82) is 0 Å². The first-order valence-corrected chi connectivity index (χ1v) is 29.0. The first-order chi connectivity index (χ1) is 41.7. The van der Waals surface area contributed by atoms with Crippen LogP contribution < -0.4 is 0 Å². The fourth-order valence-corrected chi connectivity index (χ4v) is 14.5. The summed E-state index contributed by atoms with van der Waals surface area (Å²) in [6.07, 6.45) is 0. The standard InChI is InChI=1S/C82H48O2/c1-2-21-53-51(20-1)48-73(58-23-4-3-22-54(53)58)79-67-31-11-9-29-65(67)78(66-30-10-12-32-68(66)79)71-40-18-41-72-80-60(37-19-43-75(80)84-82(71)72)57-36-16-34-55-52(33-15-35-56(55)57)49-44-46-50(47-45-49)76-61-25-5-7-27-63(61)77(64-28-8-6-26-62(64)76)70-39-17-38-69-59-24-13-14-42-74(59)83-81(69)70/h1-48H. The summed E-state index contributed by atoms with van der Waals surface area (Å²) in [5, 5.41) is 21.5. The maximum Gasteiger partial charge on any atom is 0.143 e. The van der Waals surface area contributed by atoms with E-state index in [-0.39, 0.29) is 0 Å². The van der Waals surface area contributed by atoms with Gasteiger partial charge in [-0.1, -0.05) is 273 Å². The van der Waals surface area contributed by atoms with Gasteiger partial charge in [-0.3, -0.25) is 0 Å². The molecule has 2 aromatic heterocycles. The van der Waals surface area contributed by atoms with Crippen LogP contribution in [0.25, 0.3) is 186 Å². The predicted octanol–water partition coefficient (Wildman–Crippen LogP) is 23.6. The summed E-state index contributed by atoms with van der Waals surface area (Å²) in [5.74, 6) is 0. The summed E-state index contributed by atoms with van der Waals surface area (Å²) < 4.78 is 13.8. The molecule has 18 aromatic rings. The highest BCUT2D eigenvalue weighted by Gasteiger charge is 2.25. The first-order valence-electron chi connectivity index (χ1n) is 29.0. The van der Waals surface area contributed by atoms with Crippen molar-refractivity contribution in [1.82, 2.24) is 0 Å². The quantitative estimate of drug-likeness (QED) is 0.123. The minimum atomic E-state index is 0.867. The average molecular weight is 1070 g/mol. The van der Waals surface area contributed by atoms with Crippen molar-refractivity contribution in [3.8, 4) is 66.8 Å². The van der Waals surface area contributed by atoms with E-state index in [9.17, 15) is 0 Å². The highest BCUT2D eigenvalue weighted by atomic mass is 16.3. The van der Waals surface area contributed by atoms with Gasteiger partial charge in [0, 0.05) is 43.8 Å². The molecule has 0 radical (unpaired) electrons. The lowest BCUT2D eigenvalue weighted by molar-refractivity contribution is 0.670. The van der Waals surface area contributed by atoms with Gasteiger partial charge < -0.3 is 8.83 Å². The summed E-state index contributed by atoms with van der Waals surface area (Å²) in [6, 6.07) is 107. The zero-order valence-electron chi connectivity index (χ0n) is 45.5. The van der Waals surface area contributed by atoms with E-state index >= 15 is 0 Å². The van der Waals surface area contributed by atoms with Crippen LogP contribution in [-0.2, 0) is 0 Å². The van der Waals surface area contributed by atoms with Crippen molar-refractivity contribution in [3.63, 3.8) is 0 Å². The van der Waals surface area contributed by atoms with E-state index in [1.54, 1.807) is 0 Å². The Morgan fingerprint density at radius 2 is 0.536 bits per heavy atom. The largest absolute Gasteiger partial charge is 0.455 e. The third-order valence-corrected chi connectivity index (χ3v) is 18.1. The van der Waals surface area contributed by atoms with Gasteiger partial charge in [0.2, 0.25) is 0 Å². The molecule has 0 fully saturated rings. The lowest BCUT2D eigenvalue weighted by Gasteiger charge is -2.19. The number of benzene rings is 16. The van der Waals surface area contributed by atoms with Gasteiger partial charge in [-0.2, -0.15) is 0 Å². The van der Waals surface area contributed by atoms with Crippen LogP contribution in [0.4, 0.5) is 0 Å². The molecule has 18 rings (SSSR count). The molecule has 0 aliphatic heterocycles. The van der Waals surface area contributed by atoms with Crippen LogP contribution in [0.3, 0.4) is 0 Å². The molecule has 0 bridgehead atoms. The van der Waals surface area contributed by atoms with Crippen molar-refractivity contribution >= 4 is 119 Å². The zero-order chi connectivity index (χ0) is 55.0. The van der Waals surface area contributed by atoms with Crippen molar-refractivity contribution in [2.24, 2.45) is 0 Å². The first kappa shape index (κ1) is 46.7. The number of rotatable bonds is 6. The molecule has 2 heterocycles. The Bertz CT molecular complexity index is 5680. The maximum absolute atomic E-state index is 7.18. The molecule has 0 amide bonds. The number of para-hydroxylation sites is 3. The average Bonchev–Trinajstić information content (AvgIpc) is 2.62. The maximum atomic E-state index is 7.18. The van der Waals surface area contributed by atoms with Crippen LogP contribution in [0.1, 0.15) is 0 Å². The minimum absolute atomic E-state index is 0.867. The van der Waals surface area contributed by atoms with Gasteiger partial charge >= 0.3 is 0 Å². The highest BCUT2D eigenvalue weighted by molar-refractivity contribution is 6.29. The fourth-order valence-electron chi connectivity index (χ4n) is 14.5. The number of hydrogen-bond acceptors (Lipinski definition) is 2. The van der Waals surface area contributed by atoms with E-state index in [1.165, 1.54) is 125 Å². The van der Waals surface area contributed by atoms with Crippen LogP contribution in [0.15, 0.2) is 300 Å². The van der Waals surface area contributed by atoms with Crippen molar-refractivity contribution in [2.45, 2.75) is 0 Å². The van der Waals surface area contributed by atoms with Gasteiger partial charge in [0.15, 0.2) is 0 Å². The summed E-state index contributed by atoms with van der Waals surface area (Å²) in [6.45, 7) is 0. The monoisotopic (exact) mass is 1060 g/mol. The molecule has 0 atom stereocenters. The Hall–Kier alpha value is -11.1. The molecule has 84 heavy (non-hydrogen) atoms. The SMILES string of the molecule is c1ccc2c(c1)cc(-c1c3ccccc3c(-c3cccc4c3oc3cccc(-c5cccc6c(-c7ccc(-c8c9ccccc9c(-c9cccc%10c9oc9ccccc9%10)c9ccccc89)cc7)cccc56)c34)c3ccccc13)c1ccccc12. The molecule has 0 unspecified atom stereocenters. The summed E-state index contributed by atoms with van der Waals surface area (Å²) in [5.41, 5.74) is 17.7. The molecule has 0 N–H and O–H groups in total. The molecule has 16 aromatic carbocycles. The van der Waals surface area contributed by atoms with Gasteiger partial charge in [-0.25, -0.2) is 0 Å². The minimum Gasteiger partial charge on any atom is -0.455 e. The molecule has 0 spiro atoms. The van der Waals surface area contributed by atoms with E-state index in [0.29, 0.717) is 0 Å². The molecule has 0 aliphatic carbocycles. The van der Waals surface area contributed by atoms with Crippen LogP contribution in [-0.4, -0.2) is 0 Å². The molecule has 388 valence electrons. The Morgan fingerprint density at radius 1 is 0.179 bits per heavy atom. The Balaban J connectivity index is 0.768. The van der Waals surface area contributed by atoms with Gasteiger partial charge in [0.1, 0.15) is 22.3 Å². The number of furan rings is 2. The van der Waals surface area contributed by atoms with Gasteiger partial charge in [0.05, 0.1) is 0 Å². The third-order valence-electron chi connectivity index (χ3n) is 18.1. The normalized spacial score (nSPS) is 12.0. The van der Waals surface area contributed by atoms with Crippen LogP contribution >= 0.6 is 0 Å². The summed E-state index contributed by atoms with van der Waals surface area (Å²) in [4.78, 5) is 0. The van der Waals surface area contributed by atoms with E-state index in [4.69, 9.17) is 8.83 Å². The van der Waals surface area contributed by atoms with Crippen LogP contribution in [0.5, 0.6) is 0 Å².